The number of anilines is 1. The maximum atomic E-state index is 12.5. The molecule has 3 rings (SSSR count). The summed E-state index contributed by atoms with van der Waals surface area (Å²) in [5.41, 5.74) is 6.07. The zero-order valence-corrected chi connectivity index (χ0v) is 15.2. The van der Waals surface area contributed by atoms with Crippen LogP contribution < -0.4 is 20.7 Å². The summed E-state index contributed by atoms with van der Waals surface area (Å²) in [5.74, 6) is -1.63. The monoisotopic (exact) mass is 398 g/mol. The number of nitrogens with zero attached hydrogens (tertiary/aromatic N) is 2. The largest absolute Gasteiger partial charge is 0.482 e. The van der Waals surface area contributed by atoms with Crippen LogP contribution in [0.4, 0.5) is 11.4 Å². The minimum absolute atomic E-state index is 0.115. The van der Waals surface area contributed by atoms with Crippen LogP contribution in [0.25, 0.3) is 0 Å². The minimum Gasteiger partial charge on any atom is -0.482 e. The van der Waals surface area contributed by atoms with Crippen molar-refractivity contribution in [1.29, 1.82) is 0 Å². The van der Waals surface area contributed by atoms with E-state index in [-0.39, 0.29) is 30.2 Å². The van der Waals surface area contributed by atoms with E-state index in [9.17, 15) is 24.5 Å². The molecule has 1 aliphatic rings. The number of nitro benzene ring substituents is 1. The number of nitrogens with one attached hydrogen (secondary N) is 1. The Balaban J connectivity index is 1.75. The molecule has 2 aromatic carbocycles. The molecule has 10 nitrogen and oxygen atoms in total. The number of carbonyl (C=O) groups excluding carboxylic acids is 3. The molecule has 0 fully saturated rings. The Morgan fingerprint density at radius 3 is 2.62 bits per heavy atom. The third-order valence-electron chi connectivity index (χ3n) is 4.36. The van der Waals surface area contributed by atoms with Gasteiger partial charge < -0.3 is 15.8 Å². The molecule has 0 saturated heterocycles. The first kappa shape index (κ1) is 19.8. The van der Waals surface area contributed by atoms with Crippen molar-refractivity contribution < 1.29 is 24.0 Å². The Hall–Kier alpha value is -3.95. The van der Waals surface area contributed by atoms with E-state index in [1.54, 1.807) is 24.3 Å². The van der Waals surface area contributed by atoms with Gasteiger partial charge >= 0.3 is 0 Å². The van der Waals surface area contributed by atoms with Gasteiger partial charge in [-0.15, -0.1) is 0 Å². The fraction of sp³-hybridized carbons (Fsp3) is 0.211. The Kier molecular flexibility index (Phi) is 5.72. The van der Waals surface area contributed by atoms with Crippen LogP contribution in [0.2, 0.25) is 0 Å². The second-order valence-corrected chi connectivity index (χ2v) is 6.39. The van der Waals surface area contributed by atoms with E-state index >= 15 is 0 Å². The molecule has 1 atom stereocenters. The van der Waals surface area contributed by atoms with Gasteiger partial charge in [0.1, 0.15) is 18.3 Å². The number of benzene rings is 2. The highest BCUT2D eigenvalue weighted by molar-refractivity contribution is 6.03. The number of rotatable bonds is 7. The van der Waals surface area contributed by atoms with Crippen molar-refractivity contribution in [2.75, 3.05) is 18.1 Å². The van der Waals surface area contributed by atoms with Crippen LogP contribution in [0.3, 0.4) is 0 Å². The molecule has 0 spiro atoms. The van der Waals surface area contributed by atoms with Crippen LogP contribution in [0, 0.1) is 10.1 Å². The summed E-state index contributed by atoms with van der Waals surface area (Å²) >= 11 is 0. The highest BCUT2D eigenvalue weighted by Crippen LogP contribution is 2.35. The van der Waals surface area contributed by atoms with Crippen LogP contribution in [0.1, 0.15) is 5.56 Å². The number of non-ortho nitro benzene ring substituents is 1. The van der Waals surface area contributed by atoms with Crippen molar-refractivity contribution in [3.8, 4) is 5.75 Å². The first-order valence-electron chi connectivity index (χ1n) is 8.69. The van der Waals surface area contributed by atoms with Gasteiger partial charge in [0.25, 0.3) is 11.6 Å². The lowest BCUT2D eigenvalue weighted by atomic mass is 10.1. The number of amides is 3. The van der Waals surface area contributed by atoms with E-state index in [2.05, 4.69) is 5.32 Å². The molecule has 1 aliphatic heterocycles. The lowest BCUT2D eigenvalue weighted by Gasteiger charge is -2.29. The first-order chi connectivity index (χ1) is 13.8. The summed E-state index contributed by atoms with van der Waals surface area (Å²) in [5, 5.41) is 13.5. The zero-order valence-electron chi connectivity index (χ0n) is 15.2. The van der Waals surface area contributed by atoms with Gasteiger partial charge in [-0.05, 0) is 11.6 Å². The van der Waals surface area contributed by atoms with Crippen molar-refractivity contribution in [2.45, 2.75) is 12.5 Å². The number of primary amides is 1. The topological polar surface area (TPSA) is 145 Å². The van der Waals surface area contributed by atoms with Crippen molar-refractivity contribution in [1.82, 2.24) is 5.32 Å². The summed E-state index contributed by atoms with van der Waals surface area (Å²) in [6.45, 7) is -0.740. The van der Waals surface area contributed by atoms with E-state index in [1.807, 2.05) is 6.07 Å². The lowest BCUT2D eigenvalue weighted by molar-refractivity contribution is -0.384. The molecular formula is C19H18N4O6. The average molecular weight is 398 g/mol. The molecule has 29 heavy (non-hydrogen) atoms. The van der Waals surface area contributed by atoms with E-state index in [0.29, 0.717) is 0 Å². The predicted octanol–water partition coefficient (Wildman–Crippen LogP) is 0.533. The lowest BCUT2D eigenvalue weighted by Crippen LogP contribution is -2.51. The number of fused-ring (bicyclic) bond motifs is 1. The molecule has 0 bridgehead atoms. The summed E-state index contributed by atoms with van der Waals surface area (Å²) in [6, 6.07) is 11.8. The van der Waals surface area contributed by atoms with Crippen LogP contribution in [0.15, 0.2) is 48.5 Å². The van der Waals surface area contributed by atoms with Crippen molar-refractivity contribution in [3.05, 3.63) is 64.2 Å². The molecule has 0 aromatic heterocycles. The minimum atomic E-state index is -0.967. The summed E-state index contributed by atoms with van der Waals surface area (Å²) in [6.07, 6.45) is 0.195. The summed E-state index contributed by atoms with van der Waals surface area (Å²) in [7, 11) is 0. The molecule has 1 heterocycles. The Morgan fingerprint density at radius 1 is 1.24 bits per heavy atom. The fourth-order valence-corrected chi connectivity index (χ4v) is 2.93. The maximum absolute atomic E-state index is 12.5. The molecule has 3 amide bonds. The van der Waals surface area contributed by atoms with Gasteiger partial charge in [0.15, 0.2) is 6.61 Å². The molecule has 0 radical (unpaired) electrons. The van der Waals surface area contributed by atoms with Gasteiger partial charge in [0.05, 0.1) is 10.6 Å². The normalized spacial score (nSPS) is 13.8. The van der Waals surface area contributed by atoms with Crippen LogP contribution in [-0.4, -0.2) is 41.8 Å². The van der Waals surface area contributed by atoms with Gasteiger partial charge in [-0.2, -0.15) is 0 Å². The molecule has 3 N–H and O–H groups in total. The van der Waals surface area contributed by atoms with E-state index in [1.165, 1.54) is 12.1 Å². The highest BCUT2D eigenvalue weighted by atomic mass is 16.6. The van der Waals surface area contributed by atoms with Crippen molar-refractivity contribution in [2.24, 2.45) is 5.73 Å². The fourth-order valence-electron chi connectivity index (χ4n) is 2.93. The first-order valence-corrected chi connectivity index (χ1v) is 8.69. The molecule has 1 unspecified atom stereocenters. The molecular weight excluding hydrogens is 380 g/mol. The third-order valence-corrected chi connectivity index (χ3v) is 4.36. The van der Waals surface area contributed by atoms with Gasteiger partial charge in [-0.25, -0.2) is 0 Å². The SMILES string of the molecule is NC(=O)C(Cc1ccccc1)NC(=O)CN1C(=O)COc2ccc([N+](=O)[O-])cc21. The number of ether oxygens (including phenoxy) is 1. The smallest absolute Gasteiger partial charge is 0.271 e. The van der Waals surface area contributed by atoms with Gasteiger partial charge in [0.2, 0.25) is 11.8 Å². The number of nitrogens with two attached hydrogens (primary N) is 1. The molecule has 2 aromatic rings. The number of hydrogen-bond donors (Lipinski definition) is 2. The van der Waals surface area contributed by atoms with Crippen molar-refractivity contribution in [3.63, 3.8) is 0 Å². The Labute approximate surface area is 165 Å². The molecule has 0 aliphatic carbocycles. The second kappa shape index (κ2) is 8.38. The van der Waals surface area contributed by atoms with E-state index in [4.69, 9.17) is 10.5 Å². The highest BCUT2D eigenvalue weighted by Gasteiger charge is 2.30. The number of nitro groups is 1. The molecule has 0 saturated carbocycles. The Morgan fingerprint density at radius 2 is 1.97 bits per heavy atom. The predicted molar refractivity (Wildman–Crippen MR) is 102 cm³/mol. The zero-order chi connectivity index (χ0) is 21.0. The number of carbonyl (C=O) groups is 3. The Bertz CT molecular complexity index is 962. The van der Waals surface area contributed by atoms with E-state index in [0.717, 1.165) is 16.5 Å². The number of hydrogen-bond acceptors (Lipinski definition) is 6. The van der Waals surface area contributed by atoms with Gasteiger partial charge in [-0.3, -0.25) is 29.4 Å². The average Bonchev–Trinajstić information content (AvgIpc) is 2.70. The van der Waals surface area contributed by atoms with Gasteiger partial charge in [-0.1, -0.05) is 30.3 Å². The summed E-state index contributed by atoms with van der Waals surface area (Å²) < 4.78 is 5.26. The quantitative estimate of drug-likeness (QED) is 0.514. The third kappa shape index (κ3) is 4.67. The van der Waals surface area contributed by atoms with Gasteiger partial charge in [0, 0.05) is 18.6 Å². The van der Waals surface area contributed by atoms with Crippen LogP contribution in [0.5, 0.6) is 5.75 Å². The second-order valence-electron chi connectivity index (χ2n) is 6.39. The van der Waals surface area contributed by atoms with Crippen molar-refractivity contribution >= 4 is 29.1 Å². The standard InChI is InChI=1S/C19H18N4O6/c20-19(26)14(8-12-4-2-1-3-5-12)21-17(24)10-22-15-9-13(23(27)28)6-7-16(15)29-11-18(22)25/h1-7,9,14H,8,10-11H2,(H2,20,26)(H,21,24). The van der Waals surface area contributed by atoms with E-state index < -0.39 is 35.2 Å². The molecule has 10 heteroatoms. The maximum Gasteiger partial charge on any atom is 0.271 e. The molecule has 150 valence electrons. The van der Waals surface area contributed by atoms with Crippen LogP contribution >= 0.6 is 0 Å². The summed E-state index contributed by atoms with van der Waals surface area (Å²) in [4.78, 5) is 48.0. The van der Waals surface area contributed by atoms with Crippen LogP contribution in [-0.2, 0) is 20.8 Å².